The van der Waals surface area contributed by atoms with Crippen LogP contribution >= 0.6 is 0 Å². The van der Waals surface area contributed by atoms with E-state index in [1.54, 1.807) is 12.4 Å². The summed E-state index contributed by atoms with van der Waals surface area (Å²) in [4.78, 5) is 23.3. The summed E-state index contributed by atoms with van der Waals surface area (Å²) >= 11 is 0. The van der Waals surface area contributed by atoms with Crippen LogP contribution in [0.15, 0.2) is 36.7 Å². The number of halogens is 1. The molecule has 1 aromatic carbocycles. The summed E-state index contributed by atoms with van der Waals surface area (Å²) in [6.07, 6.45) is 2.35. The van der Waals surface area contributed by atoms with Crippen LogP contribution in [0.1, 0.15) is 45.5 Å². The van der Waals surface area contributed by atoms with E-state index in [0.29, 0.717) is 12.2 Å². The second kappa shape index (κ2) is 8.54. The van der Waals surface area contributed by atoms with Crippen LogP contribution in [0.2, 0.25) is 0 Å². The van der Waals surface area contributed by atoms with E-state index in [2.05, 4.69) is 15.3 Å². The lowest BCUT2D eigenvalue weighted by molar-refractivity contribution is -0.120. The molecule has 3 heterocycles. The van der Waals surface area contributed by atoms with Crippen molar-refractivity contribution in [2.75, 3.05) is 11.9 Å². The van der Waals surface area contributed by atoms with Gasteiger partial charge >= 0.3 is 7.12 Å². The number of nitrogens with zero attached hydrogens (tertiary/aromatic N) is 3. The second-order valence-electron chi connectivity index (χ2n) is 9.57. The highest BCUT2D eigenvalue weighted by molar-refractivity contribution is 6.62. The lowest BCUT2D eigenvalue weighted by Gasteiger charge is -2.32. The van der Waals surface area contributed by atoms with Crippen molar-refractivity contribution in [1.82, 2.24) is 14.9 Å². The van der Waals surface area contributed by atoms with Gasteiger partial charge in [-0.05, 0) is 52.2 Å². The molecule has 2 fully saturated rings. The third-order valence-corrected chi connectivity index (χ3v) is 6.69. The smallest absolute Gasteiger partial charge is 0.399 e. The Kier molecular flexibility index (Phi) is 6.09. The molecular formula is C23H30BFN4O3. The average Bonchev–Trinajstić information content (AvgIpc) is 3.19. The summed E-state index contributed by atoms with van der Waals surface area (Å²) in [6, 6.07) is 6.83. The number of likely N-dealkylation sites (tertiary alicyclic amines) is 1. The SMILES string of the molecule is Cc1nccnc1CN1C[C@@H](F)C[C@@H]1C(=O)Nc1ccc(B2OC(C)(C)C(C)(C)O2)cc1. The Morgan fingerprint density at radius 2 is 1.78 bits per heavy atom. The van der Waals surface area contributed by atoms with Gasteiger partial charge in [0.1, 0.15) is 6.17 Å². The Labute approximate surface area is 188 Å². The Hall–Kier alpha value is -2.36. The minimum absolute atomic E-state index is 0.164. The van der Waals surface area contributed by atoms with Crippen LogP contribution in [0, 0.1) is 6.92 Å². The Morgan fingerprint density at radius 3 is 2.41 bits per heavy atom. The first-order chi connectivity index (χ1) is 15.1. The lowest BCUT2D eigenvalue weighted by Crippen LogP contribution is -2.41. The Bertz CT molecular complexity index is 969. The van der Waals surface area contributed by atoms with Crippen molar-refractivity contribution in [3.8, 4) is 0 Å². The fraction of sp³-hybridized carbons (Fsp3) is 0.522. The highest BCUT2D eigenvalue weighted by atomic mass is 19.1. The highest BCUT2D eigenvalue weighted by Gasteiger charge is 2.51. The maximum absolute atomic E-state index is 14.2. The van der Waals surface area contributed by atoms with E-state index in [-0.39, 0.29) is 18.9 Å². The van der Waals surface area contributed by atoms with Gasteiger partial charge < -0.3 is 14.6 Å². The van der Waals surface area contributed by atoms with Crippen molar-refractivity contribution >= 4 is 24.2 Å². The first-order valence-corrected chi connectivity index (χ1v) is 11.0. The molecule has 1 N–H and O–H groups in total. The molecule has 0 aliphatic carbocycles. The van der Waals surface area contributed by atoms with Crippen molar-refractivity contribution in [1.29, 1.82) is 0 Å². The predicted octanol–water partition coefficient (Wildman–Crippen LogP) is 2.64. The molecule has 0 bridgehead atoms. The summed E-state index contributed by atoms with van der Waals surface area (Å²) in [7, 11) is -0.461. The summed E-state index contributed by atoms with van der Waals surface area (Å²) in [5, 5.41) is 2.92. The zero-order chi connectivity index (χ0) is 23.1. The largest absolute Gasteiger partial charge is 0.494 e. The molecule has 7 nitrogen and oxygen atoms in total. The van der Waals surface area contributed by atoms with Gasteiger partial charge in [-0.3, -0.25) is 19.7 Å². The third kappa shape index (κ3) is 4.55. The van der Waals surface area contributed by atoms with E-state index in [4.69, 9.17) is 9.31 Å². The van der Waals surface area contributed by atoms with E-state index in [9.17, 15) is 9.18 Å². The zero-order valence-electron chi connectivity index (χ0n) is 19.3. The minimum Gasteiger partial charge on any atom is -0.399 e. The topological polar surface area (TPSA) is 76.6 Å². The summed E-state index contributed by atoms with van der Waals surface area (Å²) in [5.74, 6) is -0.227. The first kappa shape index (κ1) is 22.8. The molecule has 2 aliphatic heterocycles. The fourth-order valence-electron chi connectivity index (χ4n) is 4.01. The van der Waals surface area contributed by atoms with Gasteiger partial charge in [-0.1, -0.05) is 12.1 Å². The van der Waals surface area contributed by atoms with Crippen molar-refractivity contribution in [2.45, 2.75) is 71.0 Å². The number of benzene rings is 1. The molecule has 0 radical (unpaired) electrons. The number of aryl methyl sites for hydroxylation is 1. The molecule has 9 heteroatoms. The predicted molar refractivity (Wildman–Crippen MR) is 121 cm³/mol. The summed E-state index contributed by atoms with van der Waals surface area (Å²) < 4.78 is 26.3. The number of carbonyl (C=O) groups excluding carboxylic acids is 1. The molecule has 0 spiro atoms. The standard InChI is InChI=1S/C23H30BFN4O3/c1-15-19(27-11-10-26-15)14-29-13-17(25)12-20(29)21(30)28-18-8-6-16(7-9-18)24-31-22(2,3)23(4,5)32-24/h6-11,17,20H,12-14H2,1-5H3,(H,28,30)/t17-,20+/m0/s1. The molecule has 0 saturated carbocycles. The quantitative estimate of drug-likeness (QED) is 0.721. The molecule has 170 valence electrons. The van der Waals surface area contributed by atoms with Crippen LogP contribution < -0.4 is 10.8 Å². The van der Waals surface area contributed by atoms with Gasteiger partial charge in [0.2, 0.25) is 5.91 Å². The van der Waals surface area contributed by atoms with Gasteiger partial charge in [0.25, 0.3) is 0 Å². The van der Waals surface area contributed by atoms with Crippen molar-refractivity contribution in [3.05, 3.63) is 48.0 Å². The zero-order valence-corrected chi connectivity index (χ0v) is 19.3. The molecule has 32 heavy (non-hydrogen) atoms. The van der Waals surface area contributed by atoms with Gasteiger partial charge in [-0.15, -0.1) is 0 Å². The number of amides is 1. The Morgan fingerprint density at radius 1 is 1.16 bits per heavy atom. The van der Waals surface area contributed by atoms with E-state index in [0.717, 1.165) is 16.9 Å². The van der Waals surface area contributed by atoms with Crippen LogP contribution in [0.25, 0.3) is 0 Å². The second-order valence-corrected chi connectivity index (χ2v) is 9.57. The van der Waals surface area contributed by atoms with Crippen LogP contribution in [0.3, 0.4) is 0 Å². The molecular weight excluding hydrogens is 410 g/mol. The molecule has 2 aliphatic rings. The summed E-state index contributed by atoms with van der Waals surface area (Å²) in [5.41, 5.74) is 2.24. The Balaban J connectivity index is 1.41. The maximum atomic E-state index is 14.2. The van der Waals surface area contributed by atoms with Crippen molar-refractivity contribution in [3.63, 3.8) is 0 Å². The number of aromatic nitrogens is 2. The first-order valence-electron chi connectivity index (χ1n) is 11.0. The van der Waals surface area contributed by atoms with Crippen LogP contribution in [-0.2, 0) is 20.6 Å². The van der Waals surface area contributed by atoms with E-state index >= 15 is 0 Å². The lowest BCUT2D eigenvalue weighted by atomic mass is 9.79. The van der Waals surface area contributed by atoms with Crippen molar-refractivity contribution in [2.24, 2.45) is 0 Å². The van der Waals surface area contributed by atoms with E-state index < -0.39 is 30.5 Å². The molecule has 1 aromatic heterocycles. The minimum atomic E-state index is -1.05. The number of rotatable bonds is 5. The monoisotopic (exact) mass is 440 g/mol. The molecule has 2 aromatic rings. The molecule has 2 atom stereocenters. The third-order valence-electron chi connectivity index (χ3n) is 6.69. The number of carbonyl (C=O) groups is 1. The van der Waals surface area contributed by atoms with Gasteiger partial charge in [-0.25, -0.2) is 4.39 Å². The average molecular weight is 440 g/mol. The van der Waals surface area contributed by atoms with E-state index in [1.807, 2.05) is 63.8 Å². The number of nitrogens with one attached hydrogen (secondary N) is 1. The number of anilines is 1. The van der Waals surface area contributed by atoms with Crippen LogP contribution in [0.4, 0.5) is 10.1 Å². The van der Waals surface area contributed by atoms with E-state index in [1.165, 1.54) is 0 Å². The maximum Gasteiger partial charge on any atom is 0.494 e. The van der Waals surface area contributed by atoms with Crippen LogP contribution in [-0.4, -0.2) is 57.9 Å². The van der Waals surface area contributed by atoms with Gasteiger partial charge in [-0.2, -0.15) is 0 Å². The van der Waals surface area contributed by atoms with Gasteiger partial charge in [0, 0.05) is 37.6 Å². The van der Waals surface area contributed by atoms with Gasteiger partial charge in [0.05, 0.1) is 28.6 Å². The fourth-order valence-corrected chi connectivity index (χ4v) is 4.01. The summed E-state index contributed by atoms with van der Waals surface area (Å²) in [6.45, 7) is 10.5. The number of hydrogen-bond acceptors (Lipinski definition) is 6. The number of alkyl halides is 1. The molecule has 1 amide bonds. The van der Waals surface area contributed by atoms with Gasteiger partial charge in [0.15, 0.2) is 0 Å². The normalized spacial score (nSPS) is 24.6. The molecule has 4 rings (SSSR count). The molecule has 0 unspecified atom stereocenters. The van der Waals surface area contributed by atoms with Crippen LogP contribution in [0.5, 0.6) is 0 Å². The number of hydrogen-bond donors (Lipinski definition) is 1. The highest BCUT2D eigenvalue weighted by Crippen LogP contribution is 2.36. The van der Waals surface area contributed by atoms with Crippen molar-refractivity contribution < 1.29 is 18.5 Å². The molecule has 2 saturated heterocycles.